The monoisotopic (exact) mass is 248 g/mol. The van der Waals surface area contributed by atoms with E-state index in [1.807, 2.05) is 24.3 Å². The number of hydrogen-bond acceptors (Lipinski definition) is 2. The van der Waals surface area contributed by atoms with Gasteiger partial charge >= 0.3 is 0 Å². The molecule has 2 N–H and O–H groups in total. The van der Waals surface area contributed by atoms with E-state index >= 15 is 0 Å². The van der Waals surface area contributed by atoms with Gasteiger partial charge in [-0.25, -0.2) is 0 Å². The van der Waals surface area contributed by atoms with Crippen LogP contribution in [-0.4, -0.2) is 18.5 Å². The minimum Gasteiger partial charge on any atom is -0.384 e. The van der Waals surface area contributed by atoms with Crippen LogP contribution in [0.25, 0.3) is 0 Å². The summed E-state index contributed by atoms with van der Waals surface area (Å²) in [6.07, 6.45) is 2.97. The normalized spacial score (nSPS) is 10.4. The maximum atomic E-state index is 12.2. The number of benzene rings is 1. The summed E-state index contributed by atoms with van der Waals surface area (Å²) in [4.78, 5) is 12.2. The second-order valence-electron chi connectivity index (χ2n) is 4.46. The number of para-hydroxylation sites is 1. The SMILES string of the molecule is CCCNc1ccccc1C(=O)NC(CC)CC. The van der Waals surface area contributed by atoms with E-state index < -0.39 is 0 Å². The second kappa shape index (κ2) is 7.75. The minimum atomic E-state index is 0.0166. The summed E-state index contributed by atoms with van der Waals surface area (Å²) in [7, 11) is 0. The summed E-state index contributed by atoms with van der Waals surface area (Å²) in [5, 5.41) is 6.36. The van der Waals surface area contributed by atoms with E-state index in [0.717, 1.165) is 37.1 Å². The van der Waals surface area contributed by atoms with Gasteiger partial charge in [0.25, 0.3) is 5.91 Å². The lowest BCUT2D eigenvalue weighted by Crippen LogP contribution is -2.34. The molecule has 0 bridgehead atoms. The molecule has 0 fully saturated rings. The number of carbonyl (C=O) groups is 1. The van der Waals surface area contributed by atoms with Gasteiger partial charge in [0.1, 0.15) is 0 Å². The van der Waals surface area contributed by atoms with Crippen LogP contribution in [0.15, 0.2) is 24.3 Å². The second-order valence-corrected chi connectivity index (χ2v) is 4.46. The van der Waals surface area contributed by atoms with Crippen molar-refractivity contribution in [1.82, 2.24) is 5.32 Å². The zero-order valence-corrected chi connectivity index (χ0v) is 11.6. The van der Waals surface area contributed by atoms with Gasteiger partial charge in [-0.3, -0.25) is 4.79 Å². The lowest BCUT2D eigenvalue weighted by atomic mass is 10.1. The molecule has 1 aromatic carbocycles. The van der Waals surface area contributed by atoms with Crippen LogP contribution in [0, 0.1) is 0 Å². The molecular formula is C15H24N2O. The molecule has 1 amide bonds. The van der Waals surface area contributed by atoms with Gasteiger partial charge in [-0.1, -0.05) is 32.9 Å². The molecule has 0 spiro atoms. The zero-order chi connectivity index (χ0) is 13.4. The predicted octanol–water partition coefficient (Wildman–Crippen LogP) is 3.43. The van der Waals surface area contributed by atoms with Crippen LogP contribution in [0.2, 0.25) is 0 Å². The third kappa shape index (κ3) is 4.06. The molecule has 0 aromatic heterocycles. The molecule has 0 saturated carbocycles. The Balaban J connectivity index is 2.77. The summed E-state index contributed by atoms with van der Waals surface area (Å²) in [6, 6.07) is 7.94. The standard InChI is InChI=1S/C15H24N2O/c1-4-11-16-14-10-8-7-9-13(14)15(18)17-12(5-2)6-3/h7-10,12,16H,4-6,11H2,1-3H3,(H,17,18). The van der Waals surface area contributed by atoms with E-state index in [2.05, 4.69) is 31.4 Å². The van der Waals surface area contributed by atoms with E-state index in [4.69, 9.17) is 0 Å². The van der Waals surface area contributed by atoms with Crippen molar-refractivity contribution in [1.29, 1.82) is 0 Å². The van der Waals surface area contributed by atoms with E-state index in [-0.39, 0.29) is 11.9 Å². The number of hydrogen-bond donors (Lipinski definition) is 2. The molecule has 0 atom stereocenters. The Morgan fingerprint density at radius 2 is 1.83 bits per heavy atom. The number of amides is 1. The van der Waals surface area contributed by atoms with Gasteiger partial charge in [0.15, 0.2) is 0 Å². The van der Waals surface area contributed by atoms with Gasteiger partial charge in [-0.05, 0) is 31.4 Å². The van der Waals surface area contributed by atoms with Gasteiger partial charge in [0, 0.05) is 18.3 Å². The first-order valence-corrected chi connectivity index (χ1v) is 6.86. The van der Waals surface area contributed by atoms with Gasteiger partial charge < -0.3 is 10.6 Å². The molecule has 0 heterocycles. The number of anilines is 1. The first-order valence-electron chi connectivity index (χ1n) is 6.86. The van der Waals surface area contributed by atoms with E-state index in [9.17, 15) is 4.79 Å². The van der Waals surface area contributed by atoms with Crippen LogP contribution in [-0.2, 0) is 0 Å². The van der Waals surface area contributed by atoms with Crippen LogP contribution in [0.4, 0.5) is 5.69 Å². The first kappa shape index (κ1) is 14.6. The molecule has 0 aliphatic rings. The van der Waals surface area contributed by atoms with Crippen molar-refractivity contribution >= 4 is 11.6 Å². The van der Waals surface area contributed by atoms with Crippen molar-refractivity contribution in [3.63, 3.8) is 0 Å². The predicted molar refractivity (Wildman–Crippen MR) is 77.1 cm³/mol. The molecule has 18 heavy (non-hydrogen) atoms. The van der Waals surface area contributed by atoms with E-state index in [0.29, 0.717) is 0 Å². The molecule has 0 radical (unpaired) electrons. The maximum Gasteiger partial charge on any atom is 0.253 e. The fraction of sp³-hybridized carbons (Fsp3) is 0.533. The van der Waals surface area contributed by atoms with Crippen molar-refractivity contribution in [2.24, 2.45) is 0 Å². The molecule has 3 heteroatoms. The first-order chi connectivity index (χ1) is 8.72. The molecular weight excluding hydrogens is 224 g/mol. The summed E-state index contributed by atoms with van der Waals surface area (Å²) < 4.78 is 0. The van der Waals surface area contributed by atoms with Crippen molar-refractivity contribution in [2.75, 3.05) is 11.9 Å². The Labute approximate surface area is 110 Å². The minimum absolute atomic E-state index is 0.0166. The van der Waals surface area contributed by atoms with Crippen LogP contribution in [0.3, 0.4) is 0 Å². The van der Waals surface area contributed by atoms with E-state index in [1.165, 1.54) is 0 Å². The third-order valence-electron chi connectivity index (χ3n) is 3.06. The maximum absolute atomic E-state index is 12.2. The Morgan fingerprint density at radius 1 is 1.17 bits per heavy atom. The van der Waals surface area contributed by atoms with Crippen LogP contribution in [0.5, 0.6) is 0 Å². The van der Waals surface area contributed by atoms with E-state index in [1.54, 1.807) is 0 Å². The lowest BCUT2D eigenvalue weighted by molar-refractivity contribution is 0.0935. The highest BCUT2D eigenvalue weighted by atomic mass is 16.1. The molecule has 100 valence electrons. The fourth-order valence-corrected chi connectivity index (χ4v) is 1.85. The van der Waals surface area contributed by atoms with Crippen molar-refractivity contribution in [2.45, 2.75) is 46.1 Å². The number of rotatable bonds is 7. The molecule has 0 aliphatic heterocycles. The number of carbonyl (C=O) groups excluding carboxylic acids is 1. The highest BCUT2D eigenvalue weighted by Crippen LogP contribution is 2.15. The van der Waals surface area contributed by atoms with Gasteiger partial charge in [0.2, 0.25) is 0 Å². The highest BCUT2D eigenvalue weighted by Gasteiger charge is 2.13. The Morgan fingerprint density at radius 3 is 2.44 bits per heavy atom. The van der Waals surface area contributed by atoms with Gasteiger partial charge in [-0.2, -0.15) is 0 Å². The Kier molecular flexibility index (Phi) is 6.26. The van der Waals surface area contributed by atoms with Crippen LogP contribution < -0.4 is 10.6 Å². The molecule has 0 saturated heterocycles. The van der Waals surface area contributed by atoms with Gasteiger partial charge in [0.05, 0.1) is 5.56 Å². The quantitative estimate of drug-likeness (QED) is 0.776. The molecule has 1 aromatic rings. The number of nitrogens with one attached hydrogen (secondary N) is 2. The van der Waals surface area contributed by atoms with Crippen LogP contribution in [0.1, 0.15) is 50.4 Å². The Hall–Kier alpha value is -1.51. The van der Waals surface area contributed by atoms with Crippen LogP contribution >= 0.6 is 0 Å². The molecule has 3 nitrogen and oxygen atoms in total. The molecule has 1 rings (SSSR count). The Bertz CT molecular complexity index is 373. The summed E-state index contributed by atoms with van der Waals surface area (Å²) in [5.74, 6) is 0.0166. The summed E-state index contributed by atoms with van der Waals surface area (Å²) in [5.41, 5.74) is 1.65. The smallest absolute Gasteiger partial charge is 0.253 e. The average molecular weight is 248 g/mol. The van der Waals surface area contributed by atoms with Crippen molar-refractivity contribution in [3.05, 3.63) is 29.8 Å². The average Bonchev–Trinajstić information content (AvgIpc) is 2.42. The molecule has 0 aliphatic carbocycles. The summed E-state index contributed by atoms with van der Waals surface area (Å²) >= 11 is 0. The highest BCUT2D eigenvalue weighted by molar-refractivity contribution is 5.99. The van der Waals surface area contributed by atoms with Gasteiger partial charge in [-0.15, -0.1) is 0 Å². The fourth-order valence-electron chi connectivity index (χ4n) is 1.85. The topological polar surface area (TPSA) is 41.1 Å². The zero-order valence-electron chi connectivity index (χ0n) is 11.6. The lowest BCUT2D eigenvalue weighted by Gasteiger charge is -2.17. The third-order valence-corrected chi connectivity index (χ3v) is 3.06. The summed E-state index contributed by atoms with van der Waals surface area (Å²) in [6.45, 7) is 7.18. The largest absolute Gasteiger partial charge is 0.384 e. The van der Waals surface area contributed by atoms with Crippen molar-refractivity contribution in [3.8, 4) is 0 Å². The molecule has 0 unspecified atom stereocenters. The van der Waals surface area contributed by atoms with Crippen molar-refractivity contribution < 1.29 is 4.79 Å².